The molecule has 2 rings (SSSR count). The molecule has 0 bridgehead atoms. The molecule has 0 spiro atoms. The molecule has 0 aromatic carbocycles. The van der Waals surface area contributed by atoms with Gasteiger partial charge in [0.05, 0.1) is 0 Å². The van der Waals surface area contributed by atoms with Crippen molar-refractivity contribution in [1.82, 2.24) is 9.80 Å². The molecule has 15 heavy (non-hydrogen) atoms. The molecule has 2 heterocycles. The summed E-state index contributed by atoms with van der Waals surface area (Å²) >= 11 is 2.09. The third-order valence-electron chi connectivity index (χ3n) is 3.86. The molecule has 1 atom stereocenters. The maximum absolute atomic E-state index is 6.04. The molecule has 2 aliphatic heterocycles. The highest BCUT2D eigenvalue weighted by Gasteiger charge is 2.37. The molecule has 0 radical (unpaired) electrons. The second-order valence-electron chi connectivity index (χ2n) is 4.87. The Labute approximate surface area is 97.4 Å². The lowest BCUT2D eigenvalue weighted by Crippen LogP contribution is -2.62. The molecule has 0 saturated carbocycles. The van der Waals surface area contributed by atoms with E-state index in [4.69, 9.17) is 5.73 Å². The maximum atomic E-state index is 6.04. The maximum Gasteiger partial charge on any atom is 0.0423 e. The highest BCUT2D eigenvalue weighted by Crippen LogP contribution is 2.31. The zero-order valence-corrected chi connectivity index (χ0v) is 10.6. The zero-order chi connectivity index (χ0) is 10.7. The van der Waals surface area contributed by atoms with E-state index in [-0.39, 0.29) is 0 Å². The average molecular weight is 229 g/mol. The smallest absolute Gasteiger partial charge is 0.0423 e. The van der Waals surface area contributed by atoms with Crippen molar-refractivity contribution in [1.29, 1.82) is 0 Å². The van der Waals surface area contributed by atoms with E-state index in [9.17, 15) is 0 Å². The van der Waals surface area contributed by atoms with E-state index in [2.05, 4.69) is 28.6 Å². The number of hydrogen-bond acceptors (Lipinski definition) is 4. The van der Waals surface area contributed by atoms with Crippen molar-refractivity contribution in [3.63, 3.8) is 0 Å². The van der Waals surface area contributed by atoms with Crippen LogP contribution in [0.4, 0.5) is 0 Å². The van der Waals surface area contributed by atoms with Crippen LogP contribution in [0.2, 0.25) is 0 Å². The molecule has 3 nitrogen and oxygen atoms in total. The van der Waals surface area contributed by atoms with Crippen molar-refractivity contribution >= 4 is 11.8 Å². The Hall–Kier alpha value is 0.230. The van der Waals surface area contributed by atoms with Gasteiger partial charge in [-0.1, -0.05) is 0 Å². The second-order valence-corrected chi connectivity index (χ2v) is 5.98. The lowest BCUT2D eigenvalue weighted by Gasteiger charge is -2.48. The molecule has 0 aromatic heterocycles. The lowest BCUT2D eigenvalue weighted by molar-refractivity contribution is 0.0513. The topological polar surface area (TPSA) is 32.5 Å². The van der Waals surface area contributed by atoms with Crippen LogP contribution in [0.1, 0.15) is 12.8 Å². The summed E-state index contributed by atoms with van der Waals surface area (Å²) in [4.78, 5) is 5.07. The molecule has 2 aliphatic rings. The largest absolute Gasteiger partial charge is 0.329 e. The Morgan fingerprint density at radius 1 is 1.27 bits per heavy atom. The van der Waals surface area contributed by atoms with Gasteiger partial charge in [-0.2, -0.15) is 11.8 Å². The van der Waals surface area contributed by atoms with Crippen LogP contribution in [0.25, 0.3) is 0 Å². The Balaban J connectivity index is 1.98. The summed E-state index contributed by atoms with van der Waals surface area (Å²) in [5.41, 5.74) is 6.36. The Morgan fingerprint density at radius 3 is 2.53 bits per heavy atom. The van der Waals surface area contributed by atoms with E-state index in [1.54, 1.807) is 0 Å². The van der Waals surface area contributed by atoms with E-state index in [0.717, 1.165) is 6.54 Å². The summed E-state index contributed by atoms with van der Waals surface area (Å²) in [6, 6.07) is 0. The predicted molar refractivity (Wildman–Crippen MR) is 67.4 cm³/mol. The van der Waals surface area contributed by atoms with Crippen molar-refractivity contribution in [2.24, 2.45) is 5.73 Å². The SMILES string of the molecule is CN1CCN(C2(CN)CCCSC2)CC1. The summed E-state index contributed by atoms with van der Waals surface area (Å²) in [5.74, 6) is 2.57. The Kier molecular flexibility index (Phi) is 3.93. The van der Waals surface area contributed by atoms with E-state index >= 15 is 0 Å². The highest BCUT2D eigenvalue weighted by molar-refractivity contribution is 7.99. The number of likely N-dealkylation sites (N-methyl/N-ethyl adjacent to an activating group) is 1. The van der Waals surface area contributed by atoms with Crippen LogP contribution < -0.4 is 5.73 Å². The van der Waals surface area contributed by atoms with E-state index in [1.807, 2.05) is 0 Å². The van der Waals surface area contributed by atoms with Crippen molar-refractivity contribution < 1.29 is 0 Å². The number of rotatable bonds is 2. The van der Waals surface area contributed by atoms with Crippen molar-refractivity contribution in [3.8, 4) is 0 Å². The van der Waals surface area contributed by atoms with Crippen LogP contribution in [0.15, 0.2) is 0 Å². The van der Waals surface area contributed by atoms with Crippen molar-refractivity contribution in [2.75, 3.05) is 51.3 Å². The Bertz CT molecular complexity index is 196. The third-order valence-corrected chi connectivity index (χ3v) is 5.17. The molecule has 2 fully saturated rings. The van der Waals surface area contributed by atoms with Crippen molar-refractivity contribution in [3.05, 3.63) is 0 Å². The van der Waals surface area contributed by atoms with Gasteiger partial charge in [-0.25, -0.2) is 0 Å². The molecular formula is C11H23N3S. The molecule has 2 N–H and O–H groups in total. The molecule has 1 unspecified atom stereocenters. The van der Waals surface area contributed by atoms with Gasteiger partial charge in [0, 0.05) is 44.0 Å². The molecule has 0 amide bonds. The first-order valence-electron chi connectivity index (χ1n) is 5.98. The minimum absolute atomic E-state index is 0.324. The van der Waals surface area contributed by atoms with E-state index < -0.39 is 0 Å². The van der Waals surface area contributed by atoms with Crippen LogP contribution in [0, 0.1) is 0 Å². The first-order valence-corrected chi connectivity index (χ1v) is 7.14. The normalized spacial score (nSPS) is 35.6. The zero-order valence-electron chi connectivity index (χ0n) is 9.74. The van der Waals surface area contributed by atoms with Crippen LogP contribution in [-0.4, -0.2) is 66.6 Å². The van der Waals surface area contributed by atoms with Gasteiger partial charge < -0.3 is 10.6 Å². The summed E-state index contributed by atoms with van der Waals surface area (Å²) in [6.45, 7) is 5.64. The van der Waals surface area contributed by atoms with Crippen LogP contribution in [0.3, 0.4) is 0 Å². The number of piperazine rings is 1. The second kappa shape index (κ2) is 5.04. The van der Waals surface area contributed by atoms with E-state index in [1.165, 1.54) is 50.5 Å². The van der Waals surface area contributed by atoms with Gasteiger partial charge in [0.15, 0.2) is 0 Å². The highest BCUT2D eigenvalue weighted by atomic mass is 32.2. The molecule has 0 aliphatic carbocycles. The minimum Gasteiger partial charge on any atom is -0.329 e. The summed E-state index contributed by atoms with van der Waals surface area (Å²) < 4.78 is 0. The monoisotopic (exact) mass is 229 g/mol. The lowest BCUT2D eigenvalue weighted by atomic mass is 9.92. The molecule has 88 valence electrons. The Morgan fingerprint density at radius 2 is 2.00 bits per heavy atom. The van der Waals surface area contributed by atoms with Gasteiger partial charge in [-0.05, 0) is 25.6 Å². The van der Waals surface area contributed by atoms with Gasteiger partial charge >= 0.3 is 0 Å². The number of hydrogen-bond donors (Lipinski definition) is 1. The fourth-order valence-electron chi connectivity index (χ4n) is 2.66. The van der Waals surface area contributed by atoms with E-state index in [0.29, 0.717) is 5.54 Å². The molecular weight excluding hydrogens is 206 g/mol. The van der Waals surface area contributed by atoms with Crippen LogP contribution >= 0.6 is 11.8 Å². The number of thioether (sulfide) groups is 1. The summed E-state index contributed by atoms with van der Waals surface area (Å²) in [6.07, 6.45) is 2.65. The van der Waals surface area contributed by atoms with Gasteiger partial charge in [-0.3, -0.25) is 4.90 Å². The quantitative estimate of drug-likeness (QED) is 0.745. The number of nitrogens with zero attached hydrogens (tertiary/aromatic N) is 2. The first kappa shape index (κ1) is 11.7. The van der Waals surface area contributed by atoms with Crippen LogP contribution in [-0.2, 0) is 0 Å². The minimum atomic E-state index is 0.324. The number of nitrogens with two attached hydrogens (primary N) is 1. The van der Waals surface area contributed by atoms with Crippen molar-refractivity contribution in [2.45, 2.75) is 18.4 Å². The standard InChI is InChI=1S/C11H23N3S/c1-13-4-6-14(7-5-13)11(9-12)3-2-8-15-10-11/h2-10,12H2,1H3. The van der Waals surface area contributed by atoms with Gasteiger partial charge in [0.2, 0.25) is 0 Å². The van der Waals surface area contributed by atoms with Crippen LogP contribution in [0.5, 0.6) is 0 Å². The third kappa shape index (κ3) is 2.49. The first-order chi connectivity index (χ1) is 7.27. The molecule has 0 aromatic rings. The predicted octanol–water partition coefficient (Wildman–Crippen LogP) is 0.458. The van der Waals surface area contributed by atoms with Gasteiger partial charge in [-0.15, -0.1) is 0 Å². The molecule has 2 saturated heterocycles. The summed E-state index contributed by atoms with van der Waals surface area (Å²) in [5, 5.41) is 0. The summed E-state index contributed by atoms with van der Waals surface area (Å²) in [7, 11) is 2.21. The van der Waals surface area contributed by atoms with Gasteiger partial charge in [0.1, 0.15) is 0 Å². The fraction of sp³-hybridized carbons (Fsp3) is 1.00. The van der Waals surface area contributed by atoms with Gasteiger partial charge in [0.25, 0.3) is 0 Å². The molecule has 4 heteroatoms. The fourth-order valence-corrected chi connectivity index (χ4v) is 3.98. The average Bonchev–Trinajstić information content (AvgIpc) is 2.31.